The molecule has 1 fully saturated rings. The van der Waals surface area contributed by atoms with Crippen molar-refractivity contribution in [2.24, 2.45) is 5.92 Å². The molecule has 33 heavy (non-hydrogen) atoms. The quantitative estimate of drug-likeness (QED) is 0.468. The van der Waals surface area contributed by atoms with Crippen LogP contribution in [-0.2, 0) is 11.2 Å². The van der Waals surface area contributed by atoms with Crippen LogP contribution in [0.15, 0.2) is 71.5 Å². The van der Waals surface area contributed by atoms with E-state index in [9.17, 15) is 10.2 Å². The second kappa shape index (κ2) is 8.40. The molecule has 5 rings (SSSR count). The van der Waals surface area contributed by atoms with Crippen molar-refractivity contribution < 1.29 is 19.7 Å². The van der Waals surface area contributed by atoms with Gasteiger partial charge in [-0.05, 0) is 29.8 Å². The van der Waals surface area contributed by atoms with E-state index in [1.165, 1.54) is 7.11 Å². The second-order valence-corrected chi connectivity index (χ2v) is 9.55. The van der Waals surface area contributed by atoms with Crippen LogP contribution in [0.5, 0.6) is 11.5 Å². The minimum Gasteiger partial charge on any atom is -0.495 e. The van der Waals surface area contributed by atoms with Crippen LogP contribution >= 0.6 is 15.9 Å². The van der Waals surface area contributed by atoms with E-state index in [0.29, 0.717) is 23.6 Å². The van der Waals surface area contributed by atoms with E-state index >= 15 is 0 Å². The lowest BCUT2D eigenvalue weighted by molar-refractivity contribution is -0.152. The summed E-state index contributed by atoms with van der Waals surface area (Å²) in [4.78, 5) is 4.25. The van der Waals surface area contributed by atoms with E-state index in [1.807, 2.05) is 61.5 Å². The van der Waals surface area contributed by atoms with Gasteiger partial charge in [0, 0.05) is 22.9 Å². The van der Waals surface area contributed by atoms with Crippen LogP contribution in [0, 0.1) is 5.92 Å². The number of benzene rings is 2. The van der Waals surface area contributed by atoms with Gasteiger partial charge in [0.15, 0.2) is 11.2 Å². The summed E-state index contributed by atoms with van der Waals surface area (Å²) in [6.07, 6.45) is 2.02. The van der Waals surface area contributed by atoms with Crippen LogP contribution in [0.3, 0.4) is 0 Å². The van der Waals surface area contributed by atoms with Gasteiger partial charge in [0.05, 0.1) is 31.2 Å². The van der Waals surface area contributed by atoms with Crippen molar-refractivity contribution in [3.8, 4) is 11.5 Å². The normalized spacial score (nSPS) is 29.9. The molecule has 0 amide bonds. The highest BCUT2D eigenvalue weighted by atomic mass is 79.9. The van der Waals surface area contributed by atoms with E-state index < -0.39 is 17.3 Å². The Bertz CT molecular complexity index is 1140. The molecule has 3 N–H and O–H groups in total. The molecule has 2 heterocycles. The van der Waals surface area contributed by atoms with Gasteiger partial charge in [0.1, 0.15) is 11.5 Å². The summed E-state index contributed by atoms with van der Waals surface area (Å²) in [7, 11) is 1.53. The summed E-state index contributed by atoms with van der Waals surface area (Å²) in [5.41, 5.74) is -0.843. The molecule has 3 aromatic rings. The summed E-state index contributed by atoms with van der Waals surface area (Å²) in [6, 6.07) is 17.7. The predicted molar refractivity (Wildman–Crippen MR) is 128 cm³/mol. The van der Waals surface area contributed by atoms with E-state index in [1.54, 1.807) is 12.4 Å². The highest BCUT2D eigenvalue weighted by Crippen LogP contribution is 2.69. The lowest BCUT2D eigenvalue weighted by Gasteiger charge is -2.41. The van der Waals surface area contributed by atoms with Crippen molar-refractivity contribution in [1.82, 2.24) is 10.3 Å². The van der Waals surface area contributed by atoms with Crippen molar-refractivity contribution in [1.29, 1.82) is 0 Å². The molecule has 0 bridgehead atoms. The maximum Gasteiger partial charge on any atom is 0.177 e. The number of fused-ring (bicyclic) bond motifs is 3. The van der Waals surface area contributed by atoms with Gasteiger partial charge in [-0.15, -0.1) is 0 Å². The average molecular weight is 511 g/mol. The monoisotopic (exact) mass is 510 g/mol. The molecule has 1 saturated carbocycles. The largest absolute Gasteiger partial charge is 0.495 e. The lowest BCUT2D eigenvalue weighted by atomic mass is 9.70. The molecule has 172 valence electrons. The molecule has 0 radical (unpaired) electrons. The van der Waals surface area contributed by atoms with E-state index in [-0.39, 0.29) is 11.8 Å². The Labute approximate surface area is 201 Å². The minimum atomic E-state index is -1.76. The van der Waals surface area contributed by atoms with Gasteiger partial charge in [-0.25, -0.2) is 0 Å². The van der Waals surface area contributed by atoms with E-state index in [4.69, 9.17) is 9.47 Å². The van der Waals surface area contributed by atoms with Crippen molar-refractivity contribution in [3.63, 3.8) is 0 Å². The third kappa shape index (κ3) is 3.06. The number of nitrogens with one attached hydrogen (secondary N) is 1. The summed E-state index contributed by atoms with van der Waals surface area (Å²) >= 11 is 3.51. The van der Waals surface area contributed by atoms with Gasteiger partial charge < -0.3 is 25.0 Å². The second-order valence-electron chi connectivity index (χ2n) is 8.63. The molecule has 1 aliphatic carbocycles. The van der Waals surface area contributed by atoms with Crippen molar-refractivity contribution in [2.45, 2.75) is 30.1 Å². The van der Waals surface area contributed by atoms with Crippen LogP contribution in [0.2, 0.25) is 0 Å². The molecule has 1 aromatic heterocycles. The molecule has 1 aliphatic heterocycles. The topological polar surface area (TPSA) is 83.8 Å². The number of methoxy groups -OCH3 is 1. The summed E-state index contributed by atoms with van der Waals surface area (Å²) in [5.74, 6) is 0.133. The van der Waals surface area contributed by atoms with Crippen molar-refractivity contribution in [2.75, 3.05) is 20.2 Å². The Morgan fingerprint density at radius 2 is 1.85 bits per heavy atom. The highest BCUT2D eigenvalue weighted by molar-refractivity contribution is 9.10. The molecule has 7 heteroatoms. The number of aliphatic hydroxyl groups is 2. The molecular weight excluding hydrogens is 484 g/mol. The number of hydrogen-bond acceptors (Lipinski definition) is 6. The Morgan fingerprint density at radius 3 is 2.52 bits per heavy atom. The van der Waals surface area contributed by atoms with Crippen molar-refractivity contribution in [3.05, 3.63) is 88.2 Å². The first-order chi connectivity index (χ1) is 16.0. The summed E-state index contributed by atoms with van der Waals surface area (Å²) in [6.45, 7) is 3.29. The summed E-state index contributed by atoms with van der Waals surface area (Å²) < 4.78 is 13.3. The number of rotatable bonds is 6. The molecule has 2 aliphatic rings. The van der Waals surface area contributed by atoms with Gasteiger partial charge in [0.2, 0.25) is 0 Å². The fourth-order valence-electron chi connectivity index (χ4n) is 5.77. The Morgan fingerprint density at radius 1 is 1.12 bits per heavy atom. The van der Waals surface area contributed by atoms with Crippen LogP contribution in [0.25, 0.3) is 0 Å². The van der Waals surface area contributed by atoms with Crippen LogP contribution in [0.4, 0.5) is 0 Å². The maximum absolute atomic E-state index is 12.6. The maximum atomic E-state index is 12.6. The minimum absolute atomic E-state index is 0.327. The van der Waals surface area contributed by atoms with Gasteiger partial charge in [-0.3, -0.25) is 4.98 Å². The van der Waals surface area contributed by atoms with Crippen LogP contribution in [0.1, 0.15) is 29.5 Å². The van der Waals surface area contributed by atoms with Gasteiger partial charge in [0.25, 0.3) is 0 Å². The first-order valence-electron chi connectivity index (χ1n) is 11.1. The zero-order valence-electron chi connectivity index (χ0n) is 18.5. The standard InChI is InChI=1S/C26H27BrN2O4/c1-3-28-13-19-22(16-7-5-4-6-8-16)26(17-9-11-18(27)12-10-17)25(31,24(19)30)23-20(32-2)14-29-15-21(23)33-26/h4-12,14-15,19,22,24,28,30-31H,3,13H2,1-2H3/t19?,22?,24-,25+,26?/m1/s1. The van der Waals surface area contributed by atoms with Gasteiger partial charge >= 0.3 is 0 Å². The molecule has 0 saturated heterocycles. The van der Waals surface area contributed by atoms with E-state index in [2.05, 4.69) is 26.2 Å². The molecule has 2 aromatic carbocycles. The van der Waals surface area contributed by atoms with Gasteiger partial charge in [-0.1, -0.05) is 65.3 Å². The zero-order chi connectivity index (χ0) is 23.2. The molecule has 0 spiro atoms. The Hall–Kier alpha value is -2.45. The molecule has 3 unspecified atom stereocenters. The smallest absolute Gasteiger partial charge is 0.177 e. The molecular formula is C26H27BrN2O4. The number of nitrogens with zero attached hydrogens (tertiary/aromatic N) is 1. The van der Waals surface area contributed by atoms with Crippen LogP contribution in [-0.4, -0.2) is 41.5 Å². The lowest BCUT2D eigenvalue weighted by Crippen LogP contribution is -2.52. The average Bonchev–Trinajstić information content (AvgIpc) is 3.21. The number of pyridine rings is 1. The third-order valence-electron chi connectivity index (χ3n) is 7.08. The van der Waals surface area contributed by atoms with Crippen LogP contribution < -0.4 is 14.8 Å². The predicted octanol–water partition coefficient (Wildman–Crippen LogP) is 3.71. The van der Waals surface area contributed by atoms with Gasteiger partial charge in [-0.2, -0.15) is 0 Å². The first kappa shape index (κ1) is 22.3. The SMILES string of the molecule is CCNCC1C(c2ccccc2)C2(c3ccc(Br)cc3)Oc3cncc(OC)c3[C@]2(O)[C@@H]1O. The highest BCUT2D eigenvalue weighted by Gasteiger charge is 2.76. The van der Waals surface area contributed by atoms with E-state index in [0.717, 1.165) is 22.1 Å². The third-order valence-corrected chi connectivity index (χ3v) is 7.60. The number of hydrogen-bond donors (Lipinski definition) is 3. The number of ether oxygens (including phenoxy) is 2. The molecule has 5 atom stereocenters. The summed E-state index contributed by atoms with van der Waals surface area (Å²) in [5, 5.41) is 27.9. The fourth-order valence-corrected chi connectivity index (χ4v) is 6.03. The number of halogens is 1. The first-order valence-corrected chi connectivity index (χ1v) is 11.9. The number of aliphatic hydroxyl groups excluding tert-OH is 1. The Kier molecular flexibility index (Phi) is 5.69. The molecule has 6 nitrogen and oxygen atoms in total. The zero-order valence-corrected chi connectivity index (χ0v) is 20.1. The fraction of sp³-hybridized carbons (Fsp3) is 0.346. The van der Waals surface area contributed by atoms with Crippen molar-refractivity contribution >= 4 is 15.9 Å². The number of aromatic nitrogens is 1. The Balaban J connectivity index is 1.83.